The highest BCUT2D eigenvalue weighted by Gasteiger charge is 2.23. The number of hydrogen-bond donors (Lipinski definition) is 1. The van der Waals surface area contributed by atoms with Crippen molar-refractivity contribution in [1.29, 1.82) is 0 Å². The molecule has 0 bridgehead atoms. The van der Waals surface area contributed by atoms with Gasteiger partial charge in [-0.05, 0) is 48.9 Å². The van der Waals surface area contributed by atoms with Gasteiger partial charge in [-0.1, -0.05) is 57.3 Å². The Balaban J connectivity index is 2.26. The van der Waals surface area contributed by atoms with E-state index in [1.807, 2.05) is 24.3 Å². The Kier molecular flexibility index (Phi) is 7.77. The molecule has 1 aromatic heterocycles. The second-order valence-corrected chi connectivity index (χ2v) is 7.22. The normalized spacial score (nSPS) is 11.0. The SMILES string of the molecule is CCCCCc1c(C(=O)NCc2ccc(Cl)cc2)c(CC)n(C)c1CC. The van der Waals surface area contributed by atoms with Crippen molar-refractivity contribution in [2.45, 2.75) is 65.8 Å². The van der Waals surface area contributed by atoms with E-state index in [2.05, 4.69) is 37.7 Å². The smallest absolute Gasteiger partial charge is 0.253 e. The first-order valence-corrected chi connectivity index (χ1v) is 10.1. The molecule has 142 valence electrons. The van der Waals surface area contributed by atoms with E-state index in [-0.39, 0.29) is 5.91 Å². The first kappa shape index (κ1) is 20.6. The summed E-state index contributed by atoms with van der Waals surface area (Å²) in [6.07, 6.45) is 6.32. The summed E-state index contributed by atoms with van der Waals surface area (Å²) in [5.41, 5.74) is 5.64. The minimum absolute atomic E-state index is 0.0404. The molecule has 2 aromatic rings. The van der Waals surface area contributed by atoms with Crippen LogP contribution in [0.25, 0.3) is 0 Å². The van der Waals surface area contributed by atoms with E-state index in [0.29, 0.717) is 11.6 Å². The second-order valence-electron chi connectivity index (χ2n) is 6.78. The van der Waals surface area contributed by atoms with E-state index in [1.165, 1.54) is 24.1 Å². The summed E-state index contributed by atoms with van der Waals surface area (Å²) in [6.45, 7) is 7.03. The largest absolute Gasteiger partial charge is 0.351 e. The summed E-state index contributed by atoms with van der Waals surface area (Å²) in [7, 11) is 2.09. The lowest BCUT2D eigenvalue weighted by Gasteiger charge is -2.10. The maximum absolute atomic E-state index is 13.0. The van der Waals surface area contributed by atoms with Gasteiger partial charge in [0.2, 0.25) is 0 Å². The third-order valence-corrected chi connectivity index (χ3v) is 5.29. The van der Waals surface area contributed by atoms with E-state index in [1.54, 1.807) is 0 Å². The zero-order valence-corrected chi connectivity index (χ0v) is 17.2. The molecule has 0 aliphatic heterocycles. The number of amides is 1. The zero-order chi connectivity index (χ0) is 19.1. The molecule has 1 amide bonds. The van der Waals surface area contributed by atoms with Crippen molar-refractivity contribution in [2.75, 3.05) is 0 Å². The fraction of sp³-hybridized carbons (Fsp3) is 0.500. The van der Waals surface area contributed by atoms with Gasteiger partial charge in [0.25, 0.3) is 5.91 Å². The molecule has 2 rings (SSSR count). The van der Waals surface area contributed by atoms with E-state index in [0.717, 1.165) is 42.5 Å². The molecule has 1 N–H and O–H groups in total. The maximum Gasteiger partial charge on any atom is 0.253 e. The van der Waals surface area contributed by atoms with Gasteiger partial charge in [0, 0.05) is 30.0 Å². The molecule has 0 unspecified atom stereocenters. The lowest BCUT2D eigenvalue weighted by atomic mass is 9.99. The second kappa shape index (κ2) is 9.82. The number of halogens is 1. The van der Waals surface area contributed by atoms with Crippen LogP contribution in [0.4, 0.5) is 0 Å². The van der Waals surface area contributed by atoms with Gasteiger partial charge >= 0.3 is 0 Å². The molecule has 0 atom stereocenters. The third kappa shape index (κ3) is 4.70. The number of aromatic nitrogens is 1. The van der Waals surface area contributed by atoms with Crippen LogP contribution >= 0.6 is 11.6 Å². The van der Waals surface area contributed by atoms with Gasteiger partial charge in [0.1, 0.15) is 0 Å². The summed E-state index contributed by atoms with van der Waals surface area (Å²) in [5, 5.41) is 3.82. The van der Waals surface area contributed by atoms with Crippen LogP contribution in [-0.4, -0.2) is 10.5 Å². The van der Waals surface area contributed by atoms with Crippen LogP contribution in [-0.2, 0) is 32.9 Å². The molecule has 1 heterocycles. The average Bonchev–Trinajstić information content (AvgIpc) is 2.92. The molecular weight excluding hydrogens is 344 g/mol. The van der Waals surface area contributed by atoms with Gasteiger partial charge in [0.05, 0.1) is 5.56 Å². The average molecular weight is 375 g/mol. The predicted molar refractivity (Wildman–Crippen MR) is 110 cm³/mol. The van der Waals surface area contributed by atoms with Gasteiger partial charge in [-0.2, -0.15) is 0 Å². The van der Waals surface area contributed by atoms with E-state index in [4.69, 9.17) is 11.6 Å². The molecule has 0 saturated carbocycles. The molecule has 0 aliphatic rings. The summed E-state index contributed by atoms with van der Waals surface area (Å²) in [6, 6.07) is 7.62. The molecule has 0 aliphatic carbocycles. The molecule has 0 spiro atoms. The number of benzene rings is 1. The van der Waals surface area contributed by atoms with E-state index in [9.17, 15) is 4.79 Å². The molecule has 0 fully saturated rings. The number of carbonyl (C=O) groups is 1. The molecule has 0 saturated heterocycles. The van der Waals surface area contributed by atoms with Crippen LogP contribution in [0.3, 0.4) is 0 Å². The predicted octanol–water partition coefficient (Wildman–Crippen LogP) is 5.47. The Morgan fingerprint density at radius 3 is 2.27 bits per heavy atom. The Labute approximate surface area is 162 Å². The van der Waals surface area contributed by atoms with Gasteiger partial charge < -0.3 is 9.88 Å². The van der Waals surface area contributed by atoms with Crippen LogP contribution in [0.1, 0.15) is 72.9 Å². The van der Waals surface area contributed by atoms with Crippen LogP contribution in [0, 0.1) is 0 Å². The van der Waals surface area contributed by atoms with Gasteiger partial charge in [0.15, 0.2) is 0 Å². The number of carbonyl (C=O) groups excluding carboxylic acids is 1. The number of nitrogens with one attached hydrogen (secondary N) is 1. The van der Waals surface area contributed by atoms with Gasteiger partial charge in [-0.3, -0.25) is 4.79 Å². The Morgan fingerprint density at radius 2 is 1.69 bits per heavy atom. The van der Waals surface area contributed by atoms with Gasteiger partial charge in [-0.15, -0.1) is 0 Å². The molecule has 3 nitrogen and oxygen atoms in total. The third-order valence-electron chi connectivity index (χ3n) is 5.04. The molecule has 0 radical (unpaired) electrons. The molecule has 4 heteroatoms. The van der Waals surface area contributed by atoms with Crippen LogP contribution in [0.15, 0.2) is 24.3 Å². The fourth-order valence-corrected chi connectivity index (χ4v) is 3.80. The highest BCUT2D eigenvalue weighted by molar-refractivity contribution is 6.30. The number of unbranched alkanes of at least 4 members (excludes halogenated alkanes) is 2. The van der Waals surface area contributed by atoms with Crippen molar-refractivity contribution in [3.05, 3.63) is 57.4 Å². The highest BCUT2D eigenvalue weighted by Crippen LogP contribution is 2.26. The van der Waals surface area contributed by atoms with Crippen molar-refractivity contribution >= 4 is 17.5 Å². The zero-order valence-electron chi connectivity index (χ0n) is 16.5. The Bertz CT molecular complexity index is 732. The van der Waals surface area contributed by atoms with Crippen molar-refractivity contribution in [3.63, 3.8) is 0 Å². The van der Waals surface area contributed by atoms with Crippen LogP contribution in [0.2, 0.25) is 5.02 Å². The number of rotatable bonds is 9. The summed E-state index contributed by atoms with van der Waals surface area (Å²) in [5.74, 6) is 0.0404. The first-order chi connectivity index (χ1) is 12.5. The summed E-state index contributed by atoms with van der Waals surface area (Å²) >= 11 is 5.94. The van der Waals surface area contributed by atoms with Crippen LogP contribution in [0.5, 0.6) is 0 Å². The maximum atomic E-state index is 13.0. The Hall–Kier alpha value is -1.74. The molecular formula is C22H31ClN2O. The van der Waals surface area contributed by atoms with Crippen molar-refractivity contribution < 1.29 is 4.79 Å². The van der Waals surface area contributed by atoms with Crippen LogP contribution < -0.4 is 5.32 Å². The minimum atomic E-state index is 0.0404. The fourth-order valence-electron chi connectivity index (χ4n) is 3.68. The first-order valence-electron chi connectivity index (χ1n) is 9.75. The number of hydrogen-bond acceptors (Lipinski definition) is 1. The quantitative estimate of drug-likeness (QED) is 0.580. The number of nitrogens with zero attached hydrogens (tertiary/aromatic N) is 1. The minimum Gasteiger partial charge on any atom is -0.351 e. The van der Waals surface area contributed by atoms with E-state index < -0.39 is 0 Å². The van der Waals surface area contributed by atoms with E-state index >= 15 is 0 Å². The van der Waals surface area contributed by atoms with Crippen molar-refractivity contribution in [3.8, 4) is 0 Å². The lowest BCUT2D eigenvalue weighted by molar-refractivity contribution is 0.0949. The standard InChI is InChI=1S/C22H31ClN2O/c1-5-8-9-10-18-19(6-2)25(4)20(7-3)21(18)22(26)24-15-16-11-13-17(23)14-12-16/h11-14H,5-10,15H2,1-4H3,(H,24,26). The summed E-state index contributed by atoms with van der Waals surface area (Å²) in [4.78, 5) is 13.0. The van der Waals surface area contributed by atoms with Crippen molar-refractivity contribution in [2.24, 2.45) is 7.05 Å². The topological polar surface area (TPSA) is 34.0 Å². The monoisotopic (exact) mass is 374 g/mol. The highest BCUT2D eigenvalue weighted by atomic mass is 35.5. The van der Waals surface area contributed by atoms with Gasteiger partial charge in [-0.25, -0.2) is 0 Å². The lowest BCUT2D eigenvalue weighted by Crippen LogP contribution is -2.24. The van der Waals surface area contributed by atoms with Crippen molar-refractivity contribution in [1.82, 2.24) is 9.88 Å². The molecule has 1 aromatic carbocycles. The molecule has 26 heavy (non-hydrogen) atoms. The Morgan fingerprint density at radius 1 is 1.04 bits per heavy atom. The summed E-state index contributed by atoms with van der Waals surface area (Å²) < 4.78 is 2.23.